The fraction of sp³-hybridized carbons (Fsp3) is 0.800. The SMILES string of the molecule is CCN1C(=O)CC(SCCCCCCN(C)CCNC(=O)N[C@H](C)C(C)=O)C1=O. The van der Waals surface area contributed by atoms with Gasteiger partial charge in [-0.25, -0.2) is 4.79 Å². The molecule has 0 aliphatic carbocycles. The highest BCUT2D eigenvalue weighted by Gasteiger charge is 2.37. The molecule has 2 atom stereocenters. The Kier molecular flexibility index (Phi) is 11.9. The second kappa shape index (κ2) is 13.6. The molecule has 0 saturated carbocycles. The summed E-state index contributed by atoms with van der Waals surface area (Å²) in [4.78, 5) is 50.0. The fourth-order valence-electron chi connectivity index (χ4n) is 3.00. The second-order valence-corrected chi connectivity index (χ2v) is 8.80. The highest BCUT2D eigenvalue weighted by Crippen LogP contribution is 2.25. The molecule has 8 nitrogen and oxygen atoms in total. The number of Topliss-reactive ketones (excluding diaryl/α,β-unsaturated/α-hetero) is 1. The molecule has 4 amide bonds. The van der Waals surface area contributed by atoms with Crippen molar-refractivity contribution in [1.29, 1.82) is 0 Å². The van der Waals surface area contributed by atoms with E-state index in [-0.39, 0.29) is 28.9 Å². The van der Waals surface area contributed by atoms with Gasteiger partial charge in [-0.2, -0.15) is 0 Å². The smallest absolute Gasteiger partial charge is 0.315 e. The molecule has 1 fully saturated rings. The van der Waals surface area contributed by atoms with E-state index >= 15 is 0 Å². The van der Waals surface area contributed by atoms with E-state index in [1.54, 1.807) is 18.7 Å². The zero-order valence-corrected chi connectivity index (χ0v) is 19.0. The predicted molar refractivity (Wildman–Crippen MR) is 116 cm³/mol. The lowest BCUT2D eigenvalue weighted by atomic mass is 10.2. The molecular weight excluding hydrogens is 392 g/mol. The van der Waals surface area contributed by atoms with Crippen LogP contribution >= 0.6 is 11.8 Å². The van der Waals surface area contributed by atoms with E-state index in [1.807, 2.05) is 14.0 Å². The van der Waals surface area contributed by atoms with Crippen molar-refractivity contribution in [3.05, 3.63) is 0 Å². The Morgan fingerprint density at radius 2 is 1.90 bits per heavy atom. The van der Waals surface area contributed by atoms with Crippen molar-refractivity contribution in [3.8, 4) is 0 Å². The average molecular weight is 429 g/mol. The van der Waals surface area contributed by atoms with Gasteiger partial charge in [0, 0.05) is 26.1 Å². The van der Waals surface area contributed by atoms with Crippen LogP contribution in [0.1, 0.15) is 52.9 Å². The molecule has 1 aliphatic heterocycles. The molecule has 0 aromatic rings. The molecule has 166 valence electrons. The third kappa shape index (κ3) is 9.62. The lowest BCUT2D eigenvalue weighted by molar-refractivity contribution is -0.137. The van der Waals surface area contributed by atoms with Gasteiger partial charge in [0.15, 0.2) is 5.78 Å². The standard InChI is InChI=1S/C20H36N4O4S/c1-5-24-18(26)14-17(19(24)27)29-13-9-7-6-8-11-23(4)12-10-21-20(28)22-15(2)16(3)25/h15,17H,5-14H2,1-4H3,(H2,21,22,28)/t15-,17?/m1/s1. The molecule has 9 heteroatoms. The maximum atomic E-state index is 12.0. The summed E-state index contributed by atoms with van der Waals surface area (Å²) in [5.41, 5.74) is 0. The molecule has 1 rings (SSSR count). The molecule has 0 aromatic carbocycles. The van der Waals surface area contributed by atoms with Gasteiger partial charge < -0.3 is 15.5 Å². The van der Waals surface area contributed by atoms with E-state index in [2.05, 4.69) is 15.5 Å². The normalized spacial score (nSPS) is 17.7. The van der Waals surface area contributed by atoms with Crippen molar-refractivity contribution < 1.29 is 19.2 Å². The first kappa shape index (κ1) is 25.4. The van der Waals surface area contributed by atoms with E-state index in [0.29, 0.717) is 19.5 Å². The first-order chi connectivity index (χ1) is 13.8. The van der Waals surface area contributed by atoms with Crippen LogP contribution in [-0.2, 0) is 14.4 Å². The van der Waals surface area contributed by atoms with Gasteiger partial charge in [0.2, 0.25) is 11.8 Å². The minimum absolute atomic E-state index is 0.0258. The Bertz CT molecular complexity index is 573. The number of likely N-dealkylation sites (tertiary alicyclic amines) is 1. The van der Waals surface area contributed by atoms with Crippen LogP contribution in [0.15, 0.2) is 0 Å². The number of urea groups is 1. The Balaban J connectivity index is 1.99. The van der Waals surface area contributed by atoms with Crippen molar-refractivity contribution >= 4 is 35.4 Å². The van der Waals surface area contributed by atoms with Gasteiger partial charge in [0.25, 0.3) is 0 Å². The van der Waals surface area contributed by atoms with Crippen LogP contribution in [-0.4, -0.2) is 83.7 Å². The Morgan fingerprint density at radius 3 is 2.52 bits per heavy atom. The van der Waals surface area contributed by atoms with Crippen LogP contribution in [0.5, 0.6) is 0 Å². The number of unbranched alkanes of at least 4 members (excludes halogenated alkanes) is 3. The van der Waals surface area contributed by atoms with Gasteiger partial charge in [-0.1, -0.05) is 12.8 Å². The van der Waals surface area contributed by atoms with E-state index in [4.69, 9.17) is 0 Å². The van der Waals surface area contributed by atoms with Gasteiger partial charge in [-0.05, 0) is 53.0 Å². The van der Waals surface area contributed by atoms with E-state index in [0.717, 1.165) is 44.5 Å². The molecule has 1 aliphatic rings. The molecule has 0 radical (unpaired) electrons. The van der Waals surface area contributed by atoms with Gasteiger partial charge in [0.1, 0.15) is 0 Å². The van der Waals surface area contributed by atoms with Crippen LogP contribution < -0.4 is 10.6 Å². The summed E-state index contributed by atoms with van der Waals surface area (Å²) in [6, 6.07) is -0.785. The maximum absolute atomic E-state index is 12.0. The quantitative estimate of drug-likeness (QED) is 0.322. The Morgan fingerprint density at radius 1 is 1.21 bits per heavy atom. The second-order valence-electron chi connectivity index (χ2n) is 7.49. The van der Waals surface area contributed by atoms with Crippen LogP contribution in [0.3, 0.4) is 0 Å². The summed E-state index contributed by atoms with van der Waals surface area (Å²) in [6.07, 6.45) is 4.71. The summed E-state index contributed by atoms with van der Waals surface area (Å²) in [6.45, 7) is 7.67. The number of carbonyl (C=O) groups is 4. The zero-order valence-electron chi connectivity index (χ0n) is 18.2. The number of thioether (sulfide) groups is 1. The molecule has 1 saturated heterocycles. The van der Waals surface area contributed by atoms with Crippen molar-refractivity contribution in [2.24, 2.45) is 0 Å². The monoisotopic (exact) mass is 428 g/mol. The fourth-order valence-corrected chi connectivity index (χ4v) is 4.19. The molecule has 0 spiro atoms. The van der Waals surface area contributed by atoms with Crippen molar-refractivity contribution in [3.63, 3.8) is 0 Å². The lowest BCUT2D eigenvalue weighted by Crippen LogP contribution is -2.45. The summed E-state index contributed by atoms with van der Waals surface area (Å²) in [7, 11) is 2.02. The molecule has 29 heavy (non-hydrogen) atoms. The number of imide groups is 1. The summed E-state index contributed by atoms with van der Waals surface area (Å²) in [5.74, 6) is 0.775. The third-order valence-electron chi connectivity index (χ3n) is 5.01. The molecule has 1 heterocycles. The van der Waals surface area contributed by atoms with E-state index in [1.165, 1.54) is 11.8 Å². The molecular formula is C20H36N4O4S. The Hall–Kier alpha value is -1.61. The molecule has 0 aromatic heterocycles. The molecule has 1 unspecified atom stereocenters. The number of amides is 4. The summed E-state index contributed by atoms with van der Waals surface area (Å²) < 4.78 is 0. The predicted octanol–water partition coefficient (Wildman–Crippen LogP) is 1.64. The summed E-state index contributed by atoms with van der Waals surface area (Å²) in [5, 5.41) is 5.17. The van der Waals surface area contributed by atoms with Gasteiger partial charge in [-0.3, -0.25) is 19.3 Å². The first-order valence-corrected chi connectivity index (χ1v) is 11.5. The number of likely N-dealkylation sites (N-methyl/N-ethyl adjacent to an activating group) is 1. The largest absolute Gasteiger partial charge is 0.337 e. The number of nitrogens with one attached hydrogen (secondary N) is 2. The van der Waals surface area contributed by atoms with Crippen molar-refractivity contribution in [2.45, 2.75) is 64.2 Å². The number of ketones is 1. The van der Waals surface area contributed by atoms with E-state index < -0.39 is 6.04 Å². The minimum atomic E-state index is -0.469. The van der Waals surface area contributed by atoms with Crippen molar-refractivity contribution in [1.82, 2.24) is 20.4 Å². The minimum Gasteiger partial charge on any atom is -0.337 e. The van der Waals surface area contributed by atoms with Crippen LogP contribution in [0.2, 0.25) is 0 Å². The third-order valence-corrected chi connectivity index (χ3v) is 6.30. The van der Waals surface area contributed by atoms with Crippen LogP contribution in [0.25, 0.3) is 0 Å². The first-order valence-electron chi connectivity index (χ1n) is 10.4. The zero-order chi connectivity index (χ0) is 21.8. The maximum Gasteiger partial charge on any atom is 0.315 e. The highest BCUT2D eigenvalue weighted by atomic mass is 32.2. The van der Waals surface area contributed by atoms with E-state index in [9.17, 15) is 19.2 Å². The number of hydrogen-bond acceptors (Lipinski definition) is 6. The topological polar surface area (TPSA) is 98.8 Å². The van der Waals surface area contributed by atoms with Gasteiger partial charge >= 0.3 is 6.03 Å². The molecule has 0 bridgehead atoms. The average Bonchev–Trinajstić information content (AvgIpc) is 2.93. The number of nitrogens with zero attached hydrogens (tertiary/aromatic N) is 2. The molecule has 2 N–H and O–H groups in total. The lowest BCUT2D eigenvalue weighted by Gasteiger charge is -2.17. The van der Waals surface area contributed by atoms with Crippen molar-refractivity contribution in [2.75, 3.05) is 39.0 Å². The number of hydrogen-bond donors (Lipinski definition) is 2. The Labute approximate surface area is 178 Å². The van der Waals surface area contributed by atoms with Crippen LogP contribution in [0, 0.1) is 0 Å². The van der Waals surface area contributed by atoms with Crippen LogP contribution in [0.4, 0.5) is 4.79 Å². The van der Waals surface area contributed by atoms with Gasteiger partial charge in [0.05, 0.1) is 11.3 Å². The number of rotatable bonds is 14. The number of carbonyl (C=O) groups excluding carboxylic acids is 4. The summed E-state index contributed by atoms with van der Waals surface area (Å²) >= 11 is 1.61. The van der Waals surface area contributed by atoms with Gasteiger partial charge in [-0.15, -0.1) is 11.8 Å². The highest BCUT2D eigenvalue weighted by molar-refractivity contribution is 8.00.